The number of benzene rings is 1. The first-order valence-corrected chi connectivity index (χ1v) is 7.01. The van der Waals surface area contributed by atoms with Crippen LogP contribution in [0.25, 0.3) is 0 Å². The Morgan fingerprint density at radius 1 is 1.05 bits per heavy atom. The van der Waals surface area contributed by atoms with Gasteiger partial charge in [-0.15, -0.1) is 0 Å². The first kappa shape index (κ1) is 15.6. The summed E-state index contributed by atoms with van der Waals surface area (Å²) in [6.45, 7) is 0. The topological polar surface area (TPSA) is 60.8 Å². The summed E-state index contributed by atoms with van der Waals surface area (Å²) < 4.78 is 16.3. The minimum atomic E-state index is -0.933. The summed E-state index contributed by atoms with van der Waals surface area (Å²) in [5, 5.41) is 10.6. The Morgan fingerprint density at radius 2 is 1.81 bits per heavy atom. The third-order valence-corrected chi connectivity index (χ3v) is 3.80. The Morgan fingerprint density at radius 3 is 2.43 bits per heavy atom. The molecule has 2 aromatic rings. The van der Waals surface area contributed by atoms with Crippen molar-refractivity contribution in [2.24, 2.45) is 0 Å². The third-order valence-electron chi connectivity index (χ3n) is 3.05. The Kier molecular flexibility index (Phi) is 5.03. The van der Waals surface area contributed by atoms with Crippen molar-refractivity contribution in [3.05, 3.63) is 46.1 Å². The molecule has 0 spiro atoms. The fourth-order valence-corrected chi connectivity index (χ4v) is 2.67. The highest BCUT2D eigenvalue weighted by Crippen LogP contribution is 2.41. The van der Waals surface area contributed by atoms with Gasteiger partial charge in [-0.1, -0.05) is 6.07 Å². The number of halogens is 1. The van der Waals surface area contributed by atoms with E-state index in [1.165, 1.54) is 14.2 Å². The van der Waals surface area contributed by atoms with E-state index in [2.05, 4.69) is 20.9 Å². The number of pyridine rings is 1. The molecule has 21 heavy (non-hydrogen) atoms. The molecule has 2 rings (SSSR count). The quantitative estimate of drug-likeness (QED) is 0.895. The lowest BCUT2D eigenvalue weighted by Gasteiger charge is -2.17. The van der Waals surface area contributed by atoms with E-state index in [1.807, 2.05) is 0 Å². The van der Waals surface area contributed by atoms with E-state index in [1.54, 1.807) is 37.4 Å². The molecular weight excluding hydrogens is 338 g/mol. The Hall–Kier alpha value is -1.79. The van der Waals surface area contributed by atoms with Gasteiger partial charge in [0.15, 0.2) is 0 Å². The van der Waals surface area contributed by atoms with Crippen LogP contribution in [0, 0.1) is 0 Å². The number of hydrogen-bond acceptors (Lipinski definition) is 5. The molecule has 0 saturated heterocycles. The number of aromatic nitrogens is 1. The molecule has 0 aliphatic heterocycles. The lowest BCUT2D eigenvalue weighted by atomic mass is 10.0. The summed E-state index contributed by atoms with van der Waals surface area (Å²) in [6.07, 6.45) is -0.933. The molecule has 0 aliphatic rings. The van der Waals surface area contributed by atoms with Gasteiger partial charge in [-0.3, -0.25) is 0 Å². The van der Waals surface area contributed by atoms with Crippen molar-refractivity contribution < 1.29 is 19.3 Å². The summed E-state index contributed by atoms with van der Waals surface area (Å²) in [5.41, 5.74) is 1.07. The first-order valence-electron chi connectivity index (χ1n) is 6.21. The monoisotopic (exact) mass is 353 g/mol. The van der Waals surface area contributed by atoms with E-state index in [0.29, 0.717) is 33.1 Å². The molecule has 0 saturated carbocycles. The molecule has 112 valence electrons. The van der Waals surface area contributed by atoms with Gasteiger partial charge in [-0.05, 0) is 34.1 Å². The van der Waals surface area contributed by atoms with Gasteiger partial charge >= 0.3 is 0 Å². The SMILES string of the molecule is COc1cccc(C(O)c2ccc(OC)c(Br)c2OC)n1. The summed E-state index contributed by atoms with van der Waals surface area (Å²) in [5.74, 6) is 1.57. The average Bonchev–Trinajstić information content (AvgIpc) is 2.53. The van der Waals surface area contributed by atoms with Crippen molar-refractivity contribution in [1.29, 1.82) is 0 Å². The summed E-state index contributed by atoms with van der Waals surface area (Å²) in [6, 6.07) is 8.72. The molecule has 1 N–H and O–H groups in total. The zero-order valence-corrected chi connectivity index (χ0v) is 13.5. The predicted molar refractivity (Wildman–Crippen MR) is 82.1 cm³/mol. The third kappa shape index (κ3) is 3.11. The first-order chi connectivity index (χ1) is 10.1. The van der Waals surface area contributed by atoms with Crippen molar-refractivity contribution in [1.82, 2.24) is 4.98 Å². The van der Waals surface area contributed by atoms with Crippen molar-refractivity contribution in [2.45, 2.75) is 6.10 Å². The molecule has 5 nitrogen and oxygen atoms in total. The standard InChI is InChI=1S/C15H16BrNO4/c1-19-11-8-7-9(15(21-3)13(11)16)14(18)10-5-4-6-12(17-10)20-2/h4-8,14,18H,1-3H3. The maximum atomic E-state index is 10.6. The van der Waals surface area contributed by atoms with Crippen molar-refractivity contribution in [3.63, 3.8) is 0 Å². The van der Waals surface area contributed by atoms with Crippen molar-refractivity contribution in [3.8, 4) is 17.4 Å². The lowest BCUT2D eigenvalue weighted by Crippen LogP contribution is -2.06. The number of rotatable bonds is 5. The zero-order chi connectivity index (χ0) is 15.4. The number of aliphatic hydroxyl groups excluding tert-OH is 1. The van der Waals surface area contributed by atoms with Crippen LogP contribution in [0.15, 0.2) is 34.8 Å². The Bertz CT molecular complexity index is 633. The molecule has 1 aromatic carbocycles. The van der Waals surface area contributed by atoms with E-state index < -0.39 is 6.10 Å². The predicted octanol–water partition coefficient (Wildman–Crippen LogP) is 2.95. The zero-order valence-electron chi connectivity index (χ0n) is 12.0. The van der Waals surface area contributed by atoms with Crippen LogP contribution in [0.2, 0.25) is 0 Å². The van der Waals surface area contributed by atoms with E-state index in [4.69, 9.17) is 14.2 Å². The van der Waals surface area contributed by atoms with Crippen molar-refractivity contribution in [2.75, 3.05) is 21.3 Å². The number of hydrogen-bond donors (Lipinski definition) is 1. The van der Waals surface area contributed by atoms with Crippen LogP contribution < -0.4 is 14.2 Å². The molecule has 0 aliphatic carbocycles. The maximum absolute atomic E-state index is 10.6. The molecular formula is C15H16BrNO4. The summed E-state index contributed by atoms with van der Waals surface area (Å²) in [4.78, 5) is 4.24. The second-order valence-electron chi connectivity index (χ2n) is 4.21. The van der Waals surface area contributed by atoms with Gasteiger partial charge in [0.05, 0.1) is 27.0 Å². The second-order valence-corrected chi connectivity index (χ2v) is 5.00. The molecule has 0 amide bonds. The molecule has 1 atom stereocenters. The maximum Gasteiger partial charge on any atom is 0.213 e. The largest absolute Gasteiger partial charge is 0.495 e. The molecule has 6 heteroatoms. The molecule has 1 aromatic heterocycles. The van der Waals surface area contributed by atoms with Gasteiger partial charge in [0.2, 0.25) is 5.88 Å². The second kappa shape index (κ2) is 6.78. The minimum Gasteiger partial charge on any atom is -0.495 e. The molecule has 0 radical (unpaired) electrons. The highest BCUT2D eigenvalue weighted by atomic mass is 79.9. The van der Waals surface area contributed by atoms with Gasteiger partial charge in [0.1, 0.15) is 22.1 Å². The van der Waals surface area contributed by atoms with Gasteiger partial charge in [-0.25, -0.2) is 4.98 Å². The fourth-order valence-electron chi connectivity index (χ4n) is 1.99. The van der Waals surface area contributed by atoms with Crippen LogP contribution in [0.3, 0.4) is 0 Å². The van der Waals surface area contributed by atoms with Gasteiger partial charge in [-0.2, -0.15) is 0 Å². The van der Waals surface area contributed by atoms with Gasteiger partial charge < -0.3 is 19.3 Å². The van der Waals surface area contributed by atoms with Crippen molar-refractivity contribution >= 4 is 15.9 Å². The number of ether oxygens (including phenoxy) is 3. The smallest absolute Gasteiger partial charge is 0.213 e. The molecule has 0 fully saturated rings. The normalized spacial score (nSPS) is 11.9. The van der Waals surface area contributed by atoms with Crippen LogP contribution >= 0.6 is 15.9 Å². The lowest BCUT2D eigenvalue weighted by molar-refractivity contribution is 0.208. The Balaban J connectivity index is 2.47. The number of nitrogens with zero attached hydrogens (tertiary/aromatic N) is 1. The van der Waals surface area contributed by atoms with E-state index in [0.717, 1.165) is 0 Å². The minimum absolute atomic E-state index is 0.443. The van der Waals surface area contributed by atoms with Crippen LogP contribution in [0.4, 0.5) is 0 Å². The van der Waals surface area contributed by atoms with Gasteiger partial charge in [0, 0.05) is 11.6 Å². The van der Waals surface area contributed by atoms with Crippen LogP contribution in [-0.4, -0.2) is 31.4 Å². The molecule has 1 unspecified atom stereocenters. The van der Waals surface area contributed by atoms with E-state index in [9.17, 15) is 5.11 Å². The highest BCUT2D eigenvalue weighted by molar-refractivity contribution is 9.10. The average molecular weight is 354 g/mol. The van der Waals surface area contributed by atoms with Gasteiger partial charge in [0.25, 0.3) is 0 Å². The van der Waals surface area contributed by atoms with E-state index >= 15 is 0 Å². The molecule has 0 bridgehead atoms. The summed E-state index contributed by atoms with van der Waals surface area (Å²) in [7, 11) is 4.64. The number of aliphatic hydroxyl groups is 1. The highest BCUT2D eigenvalue weighted by Gasteiger charge is 2.21. The molecule has 1 heterocycles. The fraction of sp³-hybridized carbons (Fsp3) is 0.267. The van der Waals surface area contributed by atoms with Crippen LogP contribution in [0.5, 0.6) is 17.4 Å². The van der Waals surface area contributed by atoms with Crippen LogP contribution in [-0.2, 0) is 0 Å². The van der Waals surface area contributed by atoms with Crippen LogP contribution in [0.1, 0.15) is 17.4 Å². The summed E-state index contributed by atoms with van der Waals surface area (Å²) >= 11 is 3.42. The number of methoxy groups -OCH3 is 3. The Labute approximate surface area is 131 Å². The van der Waals surface area contributed by atoms with E-state index in [-0.39, 0.29) is 0 Å².